The molecule has 1 radical (unpaired) electrons. The summed E-state index contributed by atoms with van der Waals surface area (Å²) in [6.45, 7) is 1.87. The molecule has 0 amide bonds. The molecule has 0 bridgehead atoms. The second kappa shape index (κ2) is 8.28. The molecule has 0 spiro atoms. The molecular formula is C13H11F13IN2. The Kier molecular flexibility index (Phi) is 8.00. The van der Waals surface area contributed by atoms with E-state index < -0.39 is 55.2 Å². The molecule has 171 valence electrons. The quantitative estimate of drug-likeness (QED) is 0.252. The average Bonchev–Trinajstić information content (AvgIpc) is 2.90. The average molecular weight is 569 g/mol. The number of hydrogen-bond acceptors (Lipinski definition) is 2. The van der Waals surface area contributed by atoms with E-state index in [2.05, 4.69) is 6.67 Å². The van der Waals surface area contributed by atoms with E-state index in [1.807, 2.05) is 0 Å². The Bertz CT molecular complexity index is 588. The fraction of sp³-hybridized carbons (Fsp3) is 0.769. The Labute approximate surface area is 172 Å². The van der Waals surface area contributed by atoms with Gasteiger partial charge in [-0.1, -0.05) is 0 Å². The van der Waals surface area contributed by atoms with Crippen LogP contribution in [0, 0.1) is 6.67 Å². The highest BCUT2D eigenvalue weighted by molar-refractivity contribution is 5.10. The smallest absolute Gasteiger partial charge is 0.564 e. The number of rotatable bonds is 8. The summed E-state index contributed by atoms with van der Waals surface area (Å²) in [5.41, 5.74) is 0. The van der Waals surface area contributed by atoms with E-state index in [-0.39, 0.29) is 24.0 Å². The van der Waals surface area contributed by atoms with Gasteiger partial charge in [-0.2, -0.15) is 57.1 Å². The molecule has 0 atom stereocenters. The first-order chi connectivity index (χ1) is 12.2. The Morgan fingerprint density at radius 3 is 1.52 bits per heavy atom. The Hall–Kier alpha value is -0.970. The monoisotopic (exact) mass is 569 g/mol. The molecule has 0 aromatic heterocycles. The van der Waals surface area contributed by atoms with Gasteiger partial charge in [-0.15, -0.1) is 9.80 Å². The largest absolute Gasteiger partial charge is 1.00 e. The minimum atomic E-state index is -7.85. The summed E-state index contributed by atoms with van der Waals surface area (Å²) in [5.74, 6) is -36.5. The maximum absolute atomic E-state index is 13.5. The van der Waals surface area contributed by atoms with Crippen LogP contribution in [0.4, 0.5) is 57.1 Å². The lowest BCUT2D eigenvalue weighted by Crippen LogP contribution is -3.00. The third kappa shape index (κ3) is 4.70. The van der Waals surface area contributed by atoms with Crippen molar-refractivity contribution in [1.29, 1.82) is 0 Å². The van der Waals surface area contributed by atoms with Gasteiger partial charge in [0.15, 0.2) is 0 Å². The van der Waals surface area contributed by atoms with Crippen molar-refractivity contribution in [1.82, 2.24) is 9.80 Å². The molecule has 29 heavy (non-hydrogen) atoms. The van der Waals surface area contributed by atoms with Crippen molar-refractivity contribution in [2.45, 2.75) is 48.6 Å². The molecule has 0 unspecified atom stereocenters. The van der Waals surface area contributed by atoms with Crippen LogP contribution in [-0.2, 0) is 0 Å². The molecule has 1 rings (SSSR count). The summed E-state index contributed by atoms with van der Waals surface area (Å²) in [6.07, 6.45) is -8.13. The van der Waals surface area contributed by atoms with Gasteiger partial charge in [0, 0.05) is 6.42 Å². The number of nitrogens with zero attached hydrogens (tertiary/aromatic N) is 2. The van der Waals surface area contributed by atoms with Gasteiger partial charge in [0.25, 0.3) is 0 Å². The van der Waals surface area contributed by atoms with Crippen molar-refractivity contribution in [3.05, 3.63) is 19.1 Å². The van der Waals surface area contributed by atoms with E-state index in [1.54, 1.807) is 0 Å². The zero-order valence-corrected chi connectivity index (χ0v) is 16.1. The van der Waals surface area contributed by atoms with Gasteiger partial charge >= 0.3 is 42.5 Å². The van der Waals surface area contributed by atoms with Gasteiger partial charge in [-0.25, -0.2) is 0 Å². The SMILES string of the molecule is CN1[C+]N(CCCC(F)(F)C(F)(F)C(F)(F)C(F)(F)C(F)(F)C(F)(F)F)C=C1.[I-]. The summed E-state index contributed by atoms with van der Waals surface area (Å²) in [5, 5.41) is 0. The zero-order valence-electron chi connectivity index (χ0n) is 14.0. The van der Waals surface area contributed by atoms with Gasteiger partial charge in [-0.3, -0.25) is 0 Å². The molecule has 0 saturated heterocycles. The number of alkyl halides is 13. The molecule has 0 aliphatic carbocycles. The molecule has 2 nitrogen and oxygen atoms in total. The molecule has 0 saturated carbocycles. The Balaban J connectivity index is 0.00000784. The van der Waals surface area contributed by atoms with Crippen molar-refractivity contribution >= 4 is 0 Å². The third-order valence-electron chi connectivity index (χ3n) is 3.64. The van der Waals surface area contributed by atoms with Crippen LogP contribution in [0.1, 0.15) is 12.8 Å². The fourth-order valence-corrected chi connectivity index (χ4v) is 2.00. The lowest BCUT2D eigenvalue weighted by atomic mass is 9.92. The van der Waals surface area contributed by atoms with Crippen molar-refractivity contribution in [2.24, 2.45) is 0 Å². The molecule has 0 aromatic rings. The highest BCUT2D eigenvalue weighted by atomic mass is 127. The van der Waals surface area contributed by atoms with E-state index in [4.69, 9.17) is 0 Å². The highest BCUT2D eigenvalue weighted by Crippen LogP contribution is 2.60. The standard InChI is InChI=1S/C13H11F13N2.HI/c1-27-5-6-28(7-27)4-2-3-8(14,15)9(16,17)10(18,19)11(20,21)12(22,23)13(24,25)26;/h5-6H,2-4H2,1H3;1H/q+1;/p-1. The Morgan fingerprint density at radius 2 is 1.14 bits per heavy atom. The van der Waals surface area contributed by atoms with Crippen LogP contribution in [0.3, 0.4) is 0 Å². The molecule has 16 heteroatoms. The van der Waals surface area contributed by atoms with Gasteiger partial charge in [0.2, 0.25) is 0 Å². The van der Waals surface area contributed by atoms with Gasteiger partial charge in [0.05, 0.1) is 26.0 Å². The maximum atomic E-state index is 13.5. The second-order valence-corrected chi connectivity index (χ2v) is 5.81. The van der Waals surface area contributed by atoms with Crippen LogP contribution < -0.4 is 24.0 Å². The predicted octanol–water partition coefficient (Wildman–Crippen LogP) is 2.22. The van der Waals surface area contributed by atoms with Crippen LogP contribution in [-0.4, -0.2) is 59.2 Å². The number of halogens is 14. The first-order valence-corrected chi connectivity index (χ1v) is 7.12. The molecule has 1 heterocycles. The third-order valence-corrected chi connectivity index (χ3v) is 3.64. The predicted molar refractivity (Wildman–Crippen MR) is 66.9 cm³/mol. The zero-order chi connectivity index (χ0) is 22.4. The summed E-state index contributed by atoms with van der Waals surface area (Å²) in [6, 6.07) is 0. The van der Waals surface area contributed by atoms with Gasteiger partial charge in [-0.05, 0) is 6.42 Å². The molecule has 1 aliphatic heterocycles. The highest BCUT2D eigenvalue weighted by Gasteiger charge is 2.90. The minimum Gasteiger partial charge on any atom is -1.00 e. The van der Waals surface area contributed by atoms with Crippen LogP contribution in [0.25, 0.3) is 0 Å². The van der Waals surface area contributed by atoms with E-state index in [0.717, 1.165) is 4.90 Å². The molecule has 0 aromatic carbocycles. The summed E-state index contributed by atoms with van der Waals surface area (Å²) >= 11 is 0. The lowest BCUT2D eigenvalue weighted by Gasteiger charge is -2.39. The molecule has 0 fully saturated rings. The van der Waals surface area contributed by atoms with Crippen molar-refractivity contribution in [3.8, 4) is 0 Å². The first kappa shape index (κ1) is 28.0. The summed E-state index contributed by atoms with van der Waals surface area (Å²) < 4.78 is 168. The maximum Gasteiger partial charge on any atom is 0.564 e. The molecule has 0 N–H and O–H groups in total. The van der Waals surface area contributed by atoms with E-state index in [1.165, 1.54) is 24.3 Å². The topological polar surface area (TPSA) is 6.48 Å². The normalized spacial score (nSPS) is 16.8. The molecular weight excluding hydrogens is 558 g/mol. The van der Waals surface area contributed by atoms with Crippen LogP contribution >= 0.6 is 0 Å². The summed E-state index contributed by atoms with van der Waals surface area (Å²) in [4.78, 5) is 2.25. The fourth-order valence-electron chi connectivity index (χ4n) is 2.00. The van der Waals surface area contributed by atoms with E-state index >= 15 is 0 Å². The van der Waals surface area contributed by atoms with Gasteiger partial charge in [0.1, 0.15) is 0 Å². The lowest BCUT2D eigenvalue weighted by molar-refractivity contribution is -0.440. The van der Waals surface area contributed by atoms with Crippen molar-refractivity contribution < 1.29 is 81.1 Å². The van der Waals surface area contributed by atoms with Crippen LogP contribution in [0.2, 0.25) is 0 Å². The van der Waals surface area contributed by atoms with E-state index in [0.29, 0.717) is 0 Å². The van der Waals surface area contributed by atoms with Crippen LogP contribution in [0.5, 0.6) is 0 Å². The van der Waals surface area contributed by atoms with Crippen LogP contribution in [0.15, 0.2) is 12.4 Å². The van der Waals surface area contributed by atoms with Gasteiger partial charge < -0.3 is 24.0 Å². The Morgan fingerprint density at radius 1 is 0.690 bits per heavy atom. The minimum absolute atomic E-state index is 0. The second-order valence-electron chi connectivity index (χ2n) is 5.81. The van der Waals surface area contributed by atoms with Crippen molar-refractivity contribution in [3.63, 3.8) is 0 Å². The van der Waals surface area contributed by atoms with E-state index in [9.17, 15) is 57.1 Å². The summed E-state index contributed by atoms with van der Waals surface area (Å²) in [7, 11) is 1.42. The first-order valence-electron chi connectivity index (χ1n) is 7.12. The molecule has 1 aliphatic rings. The van der Waals surface area contributed by atoms with Crippen molar-refractivity contribution in [2.75, 3.05) is 13.6 Å². The number of hydrogen-bond donors (Lipinski definition) is 0.